The zero-order valence-electron chi connectivity index (χ0n) is 12.3. The van der Waals surface area contributed by atoms with Crippen LogP contribution in [0.15, 0.2) is 24.3 Å². The predicted octanol–water partition coefficient (Wildman–Crippen LogP) is 2.99. The van der Waals surface area contributed by atoms with E-state index in [1.54, 1.807) is 0 Å². The lowest BCUT2D eigenvalue weighted by Crippen LogP contribution is -2.05. The van der Waals surface area contributed by atoms with E-state index in [1.165, 1.54) is 0 Å². The molecular formula is C16H19N3O2. The molecule has 2 N–H and O–H groups in total. The number of aliphatic hydroxyl groups excluding tert-OH is 1. The van der Waals surface area contributed by atoms with Gasteiger partial charge in [-0.15, -0.1) is 0 Å². The summed E-state index contributed by atoms with van der Waals surface area (Å²) >= 11 is 0. The maximum absolute atomic E-state index is 9.39. The third-order valence-corrected chi connectivity index (χ3v) is 3.65. The molecule has 2 aromatic rings. The highest BCUT2D eigenvalue weighted by Crippen LogP contribution is 2.40. The standard InChI is InChI=1S/C16H19N3O2/c1-10-14(17-2)18-15(11-7-8-11)19-16(10)21-13-6-4-3-5-12(13)9-20/h3-6,11,20H,7-9H2,1-2H3,(H,17,18,19). The van der Waals surface area contributed by atoms with E-state index >= 15 is 0 Å². The second-order valence-corrected chi connectivity index (χ2v) is 5.25. The van der Waals surface area contributed by atoms with Gasteiger partial charge in [0.15, 0.2) is 0 Å². The van der Waals surface area contributed by atoms with Gasteiger partial charge in [0, 0.05) is 18.5 Å². The SMILES string of the molecule is CNc1nc(C2CC2)nc(Oc2ccccc2CO)c1C. The van der Waals surface area contributed by atoms with Crippen molar-refractivity contribution in [1.29, 1.82) is 0 Å². The number of hydrogen-bond donors (Lipinski definition) is 2. The number of aromatic nitrogens is 2. The number of benzene rings is 1. The molecule has 0 bridgehead atoms. The van der Waals surface area contributed by atoms with Gasteiger partial charge in [0.05, 0.1) is 12.2 Å². The van der Waals surface area contributed by atoms with Crippen LogP contribution in [0.1, 0.15) is 35.7 Å². The molecule has 0 aliphatic heterocycles. The van der Waals surface area contributed by atoms with Gasteiger partial charge < -0.3 is 15.2 Å². The normalized spacial score (nSPS) is 14.0. The summed E-state index contributed by atoms with van der Waals surface area (Å²) in [7, 11) is 1.84. The minimum absolute atomic E-state index is 0.0608. The molecule has 0 radical (unpaired) electrons. The van der Waals surface area contributed by atoms with Gasteiger partial charge in [0.2, 0.25) is 5.88 Å². The summed E-state index contributed by atoms with van der Waals surface area (Å²) in [5.41, 5.74) is 1.61. The summed E-state index contributed by atoms with van der Waals surface area (Å²) in [6.45, 7) is 1.87. The first-order valence-corrected chi connectivity index (χ1v) is 7.15. The molecule has 0 atom stereocenters. The number of anilines is 1. The number of aliphatic hydroxyl groups is 1. The number of nitrogens with one attached hydrogen (secondary N) is 1. The molecule has 110 valence electrons. The van der Waals surface area contributed by atoms with Gasteiger partial charge in [0.1, 0.15) is 17.4 Å². The molecule has 5 heteroatoms. The predicted molar refractivity (Wildman–Crippen MR) is 80.7 cm³/mol. The quantitative estimate of drug-likeness (QED) is 0.884. The fourth-order valence-corrected chi connectivity index (χ4v) is 2.22. The number of nitrogens with zero attached hydrogens (tertiary/aromatic N) is 2. The highest BCUT2D eigenvalue weighted by Gasteiger charge is 2.28. The van der Waals surface area contributed by atoms with E-state index < -0.39 is 0 Å². The number of rotatable bonds is 5. The maximum Gasteiger partial charge on any atom is 0.227 e. The van der Waals surface area contributed by atoms with Crippen molar-refractivity contribution in [1.82, 2.24) is 9.97 Å². The van der Waals surface area contributed by atoms with Crippen LogP contribution in [0.4, 0.5) is 5.82 Å². The molecule has 0 unspecified atom stereocenters. The topological polar surface area (TPSA) is 67.3 Å². The highest BCUT2D eigenvalue weighted by atomic mass is 16.5. The summed E-state index contributed by atoms with van der Waals surface area (Å²) in [5.74, 6) is 3.26. The van der Waals surface area contributed by atoms with E-state index in [0.29, 0.717) is 17.5 Å². The van der Waals surface area contributed by atoms with E-state index in [1.807, 2.05) is 38.2 Å². The first-order chi connectivity index (χ1) is 10.2. The summed E-state index contributed by atoms with van der Waals surface area (Å²) in [6, 6.07) is 7.43. The highest BCUT2D eigenvalue weighted by molar-refractivity contribution is 5.50. The second-order valence-electron chi connectivity index (χ2n) is 5.25. The Balaban J connectivity index is 1.99. The van der Waals surface area contributed by atoms with Crippen LogP contribution in [0.3, 0.4) is 0 Å². The molecule has 0 spiro atoms. The molecule has 0 amide bonds. The summed E-state index contributed by atoms with van der Waals surface area (Å²) in [6.07, 6.45) is 2.28. The Morgan fingerprint density at radius 3 is 2.71 bits per heavy atom. The molecule has 1 fully saturated rings. The van der Waals surface area contributed by atoms with Crippen LogP contribution in [-0.2, 0) is 6.61 Å². The Morgan fingerprint density at radius 2 is 2.05 bits per heavy atom. The molecule has 1 aromatic heterocycles. The van der Waals surface area contributed by atoms with Gasteiger partial charge in [0.25, 0.3) is 0 Å². The van der Waals surface area contributed by atoms with Crippen molar-refractivity contribution in [2.45, 2.75) is 32.3 Å². The molecule has 21 heavy (non-hydrogen) atoms. The molecule has 1 aromatic carbocycles. The van der Waals surface area contributed by atoms with Crippen molar-refractivity contribution in [2.75, 3.05) is 12.4 Å². The fourth-order valence-electron chi connectivity index (χ4n) is 2.22. The van der Waals surface area contributed by atoms with Gasteiger partial charge >= 0.3 is 0 Å². The van der Waals surface area contributed by atoms with Crippen molar-refractivity contribution in [3.63, 3.8) is 0 Å². The van der Waals surface area contributed by atoms with Crippen LogP contribution in [0, 0.1) is 6.92 Å². The molecule has 1 heterocycles. The lowest BCUT2D eigenvalue weighted by atomic mass is 10.2. The average molecular weight is 285 g/mol. The van der Waals surface area contributed by atoms with Gasteiger partial charge in [-0.3, -0.25) is 0 Å². The van der Waals surface area contributed by atoms with Crippen molar-refractivity contribution >= 4 is 5.82 Å². The monoisotopic (exact) mass is 285 g/mol. The zero-order valence-corrected chi connectivity index (χ0v) is 12.3. The summed E-state index contributed by atoms with van der Waals surface area (Å²) < 4.78 is 5.94. The minimum Gasteiger partial charge on any atom is -0.438 e. The Bertz CT molecular complexity index is 654. The van der Waals surface area contributed by atoms with Gasteiger partial charge in [-0.1, -0.05) is 18.2 Å². The Morgan fingerprint density at radius 1 is 1.29 bits per heavy atom. The van der Waals surface area contributed by atoms with Crippen LogP contribution in [0.25, 0.3) is 0 Å². The molecule has 3 rings (SSSR count). The third kappa shape index (κ3) is 2.83. The molecule has 0 saturated heterocycles. The maximum atomic E-state index is 9.39. The zero-order chi connectivity index (χ0) is 14.8. The first-order valence-electron chi connectivity index (χ1n) is 7.15. The van der Waals surface area contributed by atoms with Crippen molar-refractivity contribution in [3.05, 3.63) is 41.2 Å². The van der Waals surface area contributed by atoms with Crippen LogP contribution in [-0.4, -0.2) is 22.1 Å². The van der Waals surface area contributed by atoms with Gasteiger partial charge in [-0.05, 0) is 25.8 Å². The number of hydrogen-bond acceptors (Lipinski definition) is 5. The van der Waals surface area contributed by atoms with Crippen molar-refractivity contribution in [3.8, 4) is 11.6 Å². The molecule has 1 aliphatic rings. The third-order valence-electron chi connectivity index (χ3n) is 3.65. The first kappa shape index (κ1) is 13.8. The van der Waals surface area contributed by atoms with E-state index in [2.05, 4.69) is 15.3 Å². The number of para-hydroxylation sites is 1. The Kier molecular flexibility index (Phi) is 3.75. The van der Waals surface area contributed by atoms with Crippen molar-refractivity contribution in [2.24, 2.45) is 0 Å². The smallest absolute Gasteiger partial charge is 0.227 e. The Labute approximate surface area is 124 Å². The lowest BCUT2D eigenvalue weighted by molar-refractivity contribution is 0.276. The van der Waals surface area contributed by atoms with Crippen LogP contribution in [0.5, 0.6) is 11.6 Å². The lowest BCUT2D eigenvalue weighted by Gasteiger charge is -2.14. The minimum atomic E-state index is -0.0608. The van der Waals surface area contributed by atoms with Crippen molar-refractivity contribution < 1.29 is 9.84 Å². The van der Waals surface area contributed by atoms with Crippen LogP contribution in [0.2, 0.25) is 0 Å². The molecule has 5 nitrogen and oxygen atoms in total. The van der Waals surface area contributed by atoms with Crippen LogP contribution < -0.4 is 10.1 Å². The summed E-state index contributed by atoms with van der Waals surface area (Å²) in [4.78, 5) is 9.10. The molecule has 1 saturated carbocycles. The average Bonchev–Trinajstić information content (AvgIpc) is 3.34. The second kappa shape index (κ2) is 5.69. The molecular weight excluding hydrogens is 266 g/mol. The summed E-state index contributed by atoms with van der Waals surface area (Å²) in [5, 5.41) is 12.5. The van der Waals surface area contributed by atoms with E-state index in [9.17, 15) is 5.11 Å². The fraction of sp³-hybridized carbons (Fsp3) is 0.375. The largest absolute Gasteiger partial charge is 0.438 e. The van der Waals surface area contributed by atoms with E-state index in [-0.39, 0.29) is 6.61 Å². The Hall–Kier alpha value is -2.14. The van der Waals surface area contributed by atoms with Crippen LogP contribution >= 0.6 is 0 Å². The number of ether oxygens (including phenoxy) is 1. The van der Waals surface area contributed by atoms with E-state index in [0.717, 1.165) is 35.6 Å². The van der Waals surface area contributed by atoms with Gasteiger partial charge in [-0.25, -0.2) is 4.98 Å². The van der Waals surface area contributed by atoms with Gasteiger partial charge in [-0.2, -0.15) is 4.98 Å². The van der Waals surface area contributed by atoms with E-state index in [4.69, 9.17) is 4.74 Å². The molecule has 1 aliphatic carbocycles.